The Balaban J connectivity index is 1.72. The van der Waals surface area contributed by atoms with Crippen molar-refractivity contribution in [2.45, 2.75) is 6.54 Å². The van der Waals surface area contributed by atoms with Crippen LogP contribution in [-0.4, -0.2) is 7.11 Å². The SMILES string of the molecule is COc1ccc(CNc2ccc3ccccc3[nH+]2)cc1. The van der Waals surface area contributed by atoms with Gasteiger partial charge >= 0.3 is 0 Å². The molecule has 0 saturated carbocycles. The van der Waals surface area contributed by atoms with Crippen molar-refractivity contribution < 1.29 is 9.72 Å². The van der Waals surface area contributed by atoms with Gasteiger partial charge in [0, 0.05) is 11.5 Å². The standard InChI is InChI=1S/C17H16N2O/c1-20-15-9-6-13(7-10-15)12-18-17-11-8-14-4-2-3-5-16(14)19-17/h2-11H,12H2,1H3,(H,18,19)/p+1. The summed E-state index contributed by atoms with van der Waals surface area (Å²) in [6, 6.07) is 20.5. The number of rotatable bonds is 4. The van der Waals surface area contributed by atoms with Gasteiger partial charge in [-0.15, -0.1) is 0 Å². The highest BCUT2D eigenvalue weighted by atomic mass is 16.5. The second kappa shape index (κ2) is 5.61. The molecule has 20 heavy (non-hydrogen) atoms. The number of benzene rings is 2. The number of methoxy groups -OCH3 is 1. The van der Waals surface area contributed by atoms with E-state index >= 15 is 0 Å². The molecule has 2 aromatic carbocycles. The summed E-state index contributed by atoms with van der Waals surface area (Å²) in [6.07, 6.45) is 0. The summed E-state index contributed by atoms with van der Waals surface area (Å²) < 4.78 is 5.15. The van der Waals surface area contributed by atoms with Crippen LogP contribution in [0.1, 0.15) is 5.56 Å². The van der Waals surface area contributed by atoms with Crippen LogP contribution in [0.5, 0.6) is 5.75 Å². The summed E-state index contributed by atoms with van der Waals surface area (Å²) >= 11 is 0. The number of para-hydroxylation sites is 1. The Morgan fingerprint density at radius 3 is 2.55 bits per heavy atom. The lowest BCUT2D eigenvalue weighted by Crippen LogP contribution is -2.13. The molecule has 0 amide bonds. The third-order valence-electron chi connectivity index (χ3n) is 3.30. The van der Waals surface area contributed by atoms with Crippen molar-refractivity contribution in [3.8, 4) is 5.75 Å². The molecule has 0 fully saturated rings. The molecule has 0 aliphatic rings. The minimum absolute atomic E-state index is 0.777. The van der Waals surface area contributed by atoms with E-state index in [-0.39, 0.29) is 0 Å². The average molecular weight is 265 g/mol. The van der Waals surface area contributed by atoms with Crippen LogP contribution in [0.15, 0.2) is 60.7 Å². The van der Waals surface area contributed by atoms with Crippen LogP contribution < -0.4 is 15.0 Å². The van der Waals surface area contributed by atoms with Gasteiger partial charge in [0.2, 0.25) is 0 Å². The van der Waals surface area contributed by atoms with Gasteiger partial charge in [-0.25, -0.2) is 4.98 Å². The maximum atomic E-state index is 5.15. The maximum absolute atomic E-state index is 5.15. The van der Waals surface area contributed by atoms with Gasteiger partial charge in [0.05, 0.1) is 7.11 Å². The zero-order chi connectivity index (χ0) is 13.8. The zero-order valence-corrected chi connectivity index (χ0v) is 11.4. The molecule has 0 aliphatic heterocycles. The van der Waals surface area contributed by atoms with Gasteiger partial charge in [-0.3, -0.25) is 5.32 Å². The molecule has 3 heteroatoms. The lowest BCUT2D eigenvalue weighted by molar-refractivity contribution is -0.327. The van der Waals surface area contributed by atoms with E-state index in [2.05, 4.69) is 46.7 Å². The van der Waals surface area contributed by atoms with Gasteiger partial charge in [0.1, 0.15) is 17.8 Å². The Hall–Kier alpha value is -2.55. The van der Waals surface area contributed by atoms with Crippen LogP contribution in [-0.2, 0) is 6.54 Å². The van der Waals surface area contributed by atoms with Crippen LogP contribution in [0.2, 0.25) is 0 Å². The fraction of sp³-hybridized carbons (Fsp3) is 0.118. The first-order valence-corrected chi connectivity index (χ1v) is 6.63. The van der Waals surface area contributed by atoms with Crippen LogP contribution in [0, 0.1) is 0 Å². The molecule has 0 unspecified atom stereocenters. The summed E-state index contributed by atoms with van der Waals surface area (Å²) in [4.78, 5) is 3.38. The van der Waals surface area contributed by atoms with Crippen LogP contribution in [0.25, 0.3) is 10.9 Å². The number of hydrogen-bond donors (Lipinski definition) is 1. The van der Waals surface area contributed by atoms with E-state index < -0.39 is 0 Å². The van der Waals surface area contributed by atoms with Crippen molar-refractivity contribution in [3.05, 3.63) is 66.2 Å². The molecule has 0 aliphatic carbocycles. The van der Waals surface area contributed by atoms with Crippen molar-refractivity contribution in [2.24, 2.45) is 0 Å². The van der Waals surface area contributed by atoms with E-state index in [0.717, 1.165) is 23.6 Å². The lowest BCUT2D eigenvalue weighted by atomic mass is 10.2. The lowest BCUT2D eigenvalue weighted by Gasteiger charge is -2.03. The van der Waals surface area contributed by atoms with E-state index in [1.807, 2.05) is 24.3 Å². The van der Waals surface area contributed by atoms with E-state index in [1.165, 1.54) is 10.9 Å². The smallest absolute Gasteiger partial charge is 0.272 e. The number of aromatic amines is 1. The topological polar surface area (TPSA) is 35.4 Å². The molecule has 0 spiro atoms. The van der Waals surface area contributed by atoms with E-state index in [9.17, 15) is 0 Å². The highest BCUT2D eigenvalue weighted by molar-refractivity contribution is 5.75. The van der Waals surface area contributed by atoms with Gasteiger partial charge in [-0.05, 0) is 29.8 Å². The summed E-state index contributed by atoms with van der Waals surface area (Å²) in [5, 5.41) is 4.60. The molecule has 100 valence electrons. The first kappa shape index (κ1) is 12.5. The molecule has 0 atom stereocenters. The molecule has 2 N–H and O–H groups in total. The Morgan fingerprint density at radius 2 is 1.75 bits per heavy atom. The Labute approximate surface area is 118 Å². The Morgan fingerprint density at radius 1 is 0.950 bits per heavy atom. The average Bonchev–Trinajstić information content (AvgIpc) is 2.53. The van der Waals surface area contributed by atoms with Gasteiger partial charge in [-0.2, -0.15) is 0 Å². The van der Waals surface area contributed by atoms with E-state index in [0.29, 0.717) is 0 Å². The summed E-state index contributed by atoms with van der Waals surface area (Å²) in [7, 11) is 1.68. The van der Waals surface area contributed by atoms with Gasteiger partial charge in [-0.1, -0.05) is 30.3 Å². The third-order valence-corrected chi connectivity index (χ3v) is 3.30. The fourth-order valence-corrected chi connectivity index (χ4v) is 2.16. The predicted octanol–water partition coefficient (Wildman–Crippen LogP) is 3.27. The molecule has 1 heterocycles. The Bertz CT molecular complexity index is 708. The second-order valence-corrected chi connectivity index (χ2v) is 4.66. The van der Waals surface area contributed by atoms with Crippen LogP contribution >= 0.6 is 0 Å². The number of H-pyrrole nitrogens is 1. The molecule has 0 saturated heterocycles. The molecule has 3 rings (SSSR count). The first-order chi connectivity index (χ1) is 9.85. The maximum Gasteiger partial charge on any atom is 0.272 e. The van der Waals surface area contributed by atoms with Gasteiger partial charge < -0.3 is 4.74 Å². The van der Waals surface area contributed by atoms with Crippen molar-refractivity contribution in [1.82, 2.24) is 0 Å². The van der Waals surface area contributed by atoms with Crippen molar-refractivity contribution in [1.29, 1.82) is 0 Å². The highest BCUT2D eigenvalue weighted by Gasteiger charge is 2.04. The van der Waals surface area contributed by atoms with Crippen molar-refractivity contribution in [3.63, 3.8) is 0 Å². The normalized spacial score (nSPS) is 10.4. The number of anilines is 1. The highest BCUT2D eigenvalue weighted by Crippen LogP contribution is 2.13. The van der Waals surface area contributed by atoms with E-state index in [1.54, 1.807) is 7.11 Å². The molecule has 1 aromatic heterocycles. The number of fused-ring (bicyclic) bond motifs is 1. The van der Waals surface area contributed by atoms with Crippen molar-refractivity contribution >= 4 is 16.7 Å². The number of nitrogens with one attached hydrogen (secondary N) is 2. The zero-order valence-electron chi connectivity index (χ0n) is 11.4. The van der Waals surface area contributed by atoms with Gasteiger partial charge in [0.15, 0.2) is 0 Å². The minimum atomic E-state index is 0.777. The summed E-state index contributed by atoms with van der Waals surface area (Å²) in [5.41, 5.74) is 2.35. The number of pyridine rings is 1. The number of hydrogen-bond acceptors (Lipinski definition) is 2. The third kappa shape index (κ3) is 2.72. The van der Waals surface area contributed by atoms with Crippen LogP contribution in [0.3, 0.4) is 0 Å². The largest absolute Gasteiger partial charge is 0.497 e. The molecule has 3 aromatic rings. The second-order valence-electron chi connectivity index (χ2n) is 4.66. The fourth-order valence-electron chi connectivity index (χ4n) is 2.16. The Kier molecular flexibility index (Phi) is 3.50. The molecule has 0 bridgehead atoms. The number of aromatic nitrogens is 1. The minimum Gasteiger partial charge on any atom is -0.497 e. The quantitative estimate of drug-likeness (QED) is 0.785. The van der Waals surface area contributed by atoms with Gasteiger partial charge in [0.25, 0.3) is 5.82 Å². The summed E-state index contributed by atoms with van der Waals surface area (Å²) in [6.45, 7) is 0.777. The van der Waals surface area contributed by atoms with E-state index in [4.69, 9.17) is 4.74 Å². The monoisotopic (exact) mass is 265 g/mol. The molecule has 3 nitrogen and oxygen atoms in total. The first-order valence-electron chi connectivity index (χ1n) is 6.63. The number of ether oxygens (including phenoxy) is 1. The van der Waals surface area contributed by atoms with Crippen LogP contribution in [0.4, 0.5) is 5.82 Å². The molecule has 0 radical (unpaired) electrons. The van der Waals surface area contributed by atoms with Crippen molar-refractivity contribution in [2.75, 3.05) is 12.4 Å². The molecular weight excluding hydrogens is 248 g/mol. The summed E-state index contributed by atoms with van der Waals surface area (Å²) in [5.74, 6) is 1.89. The predicted molar refractivity (Wildman–Crippen MR) is 80.8 cm³/mol. The molecular formula is C17H17N2O+.